The van der Waals surface area contributed by atoms with E-state index in [0.717, 1.165) is 192 Å². The van der Waals surface area contributed by atoms with Crippen LogP contribution in [-0.2, 0) is 51.4 Å². The Morgan fingerprint density at radius 3 is 0.750 bits per heavy atom. The van der Waals surface area contributed by atoms with Gasteiger partial charge in [-0.15, -0.1) is 0 Å². The van der Waals surface area contributed by atoms with Crippen LogP contribution in [0.1, 0.15) is 252 Å². The van der Waals surface area contributed by atoms with E-state index in [0.29, 0.717) is 0 Å². The summed E-state index contributed by atoms with van der Waals surface area (Å²) in [6.07, 6.45) is 14.2. The molecule has 1 aliphatic carbocycles. The molecule has 0 radical (unpaired) electrons. The lowest BCUT2D eigenvalue weighted by Crippen LogP contribution is -2.01. The number of allylic oxidation sites excluding steroid dienone is 8. The number of rotatable bonds is 18. The Morgan fingerprint density at radius 2 is 0.489 bits per heavy atom. The molecule has 472 valence electrons. The average Bonchev–Trinajstić information content (AvgIpc) is 0.928. The number of aryl methyl sites for hydroxylation is 8. The maximum absolute atomic E-state index is 6.04. The molecule has 16 bridgehead atoms. The van der Waals surface area contributed by atoms with E-state index < -0.39 is 0 Å². The lowest BCUT2D eigenvalue weighted by atomic mass is 9.85. The predicted molar refractivity (Wildman–Crippen MR) is 393 cm³/mol. The molecule has 0 saturated carbocycles. The summed E-state index contributed by atoms with van der Waals surface area (Å²) in [5, 5.41) is 5.08. The number of hydrogen-bond donors (Lipinski definition) is 4. The first kappa shape index (κ1) is 62.4. The predicted octanol–water partition coefficient (Wildman–Crippen LogP) is 22.6. The van der Waals surface area contributed by atoms with Gasteiger partial charge in [0.2, 0.25) is 0 Å². The largest absolute Gasteiger partial charge is 0.355 e. The quantitative estimate of drug-likeness (QED) is 0.0685. The molecule has 0 saturated heterocycles. The van der Waals surface area contributed by atoms with Gasteiger partial charge in [-0.05, 0) is 260 Å². The summed E-state index contributed by atoms with van der Waals surface area (Å²) >= 11 is 0. The number of hydrogen-bond acceptors (Lipinski definition) is 4. The maximum Gasteiger partial charge on any atom is 0.0772 e. The Morgan fingerprint density at radius 1 is 0.250 bits per heavy atom. The van der Waals surface area contributed by atoms with Crippen LogP contribution in [0.4, 0.5) is 0 Å². The summed E-state index contributed by atoms with van der Waals surface area (Å²) in [4.78, 5) is 39.9. The van der Waals surface area contributed by atoms with E-state index in [4.69, 9.17) is 19.9 Å². The number of nitrogens with zero attached hydrogens (tertiary/aromatic N) is 4. The SMILES string of the molecule is CCC1=C(CC)c2cc3[nH]c(c(CC)c3CC)c(-c3cccc4c3=c3c(-c5c6nc(cc7[nH]c(cc8nc(cc9[nH]c5c(CC)c9CC)C(CC)=C8CC)c(CC)c7CC)C(CC)=C6CC)cccc3=4)c3nc(cc4[nH]c(cc1n2)c(CC)c4CC)C(CC)=C3CC. The van der Waals surface area contributed by atoms with E-state index in [9.17, 15) is 0 Å². The summed E-state index contributed by atoms with van der Waals surface area (Å²) in [6, 6.07) is 28.4. The van der Waals surface area contributed by atoms with Gasteiger partial charge in [0.05, 0.1) is 56.6 Å². The first-order valence-corrected chi connectivity index (χ1v) is 35.7. The van der Waals surface area contributed by atoms with Crippen LogP contribution in [0.25, 0.3) is 111 Å². The van der Waals surface area contributed by atoms with Gasteiger partial charge in [-0.25, -0.2) is 19.9 Å². The topological polar surface area (TPSA) is 115 Å². The summed E-state index contributed by atoms with van der Waals surface area (Å²) in [6.45, 7) is 37.1. The van der Waals surface area contributed by atoms with Crippen molar-refractivity contribution >= 4 is 88.7 Å². The summed E-state index contributed by atoms with van der Waals surface area (Å²) < 4.78 is 0. The van der Waals surface area contributed by atoms with Crippen molar-refractivity contribution in [2.75, 3.05) is 0 Å². The van der Waals surface area contributed by atoms with Gasteiger partial charge in [0.15, 0.2) is 0 Å². The second-order valence-electron chi connectivity index (χ2n) is 25.6. The molecule has 0 unspecified atom stereocenters. The first-order valence-electron chi connectivity index (χ1n) is 35.7. The fraction of sp³-hybridized carbons (Fsp3) is 0.381. The van der Waals surface area contributed by atoms with Gasteiger partial charge in [-0.3, -0.25) is 0 Å². The van der Waals surface area contributed by atoms with Gasteiger partial charge in [0.25, 0.3) is 0 Å². The molecule has 2 aromatic carbocycles. The number of benzene rings is 2. The molecular formula is C84H96N8. The minimum absolute atomic E-state index is 0.847. The molecule has 6 aromatic heterocycles. The Kier molecular flexibility index (Phi) is 17.2. The molecule has 10 heterocycles. The van der Waals surface area contributed by atoms with Crippen molar-refractivity contribution in [3.63, 3.8) is 0 Å². The van der Waals surface area contributed by atoms with Gasteiger partial charge < -0.3 is 19.9 Å². The van der Waals surface area contributed by atoms with Crippen LogP contribution < -0.4 is 0 Å². The number of aromatic nitrogens is 8. The van der Waals surface area contributed by atoms with Crippen molar-refractivity contribution < 1.29 is 0 Å². The van der Waals surface area contributed by atoms with Gasteiger partial charge >= 0.3 is 0 Å². The van der Waals surface area contributed by atoms with Crippen molar-refractivity contribution in [2.24, 2.45) is 0 Å². The highest BCUT2D eigenvalue weighted by molar-refractivity contribution is 6.05. The van der Waals surface area contributed by atoms with E-state index >= 15 is 0 Å². The van der Waals surface area contributed by atoms with Gasteiger partial charge in [-0.1, -0.05) is 147 Å². The maximum atomic E-state index is 6.04. The molecule has 0 atom stereocenters. The van der Waals surface area contributed by atoms with E-state index in [1.165, 1.54) is 132 Å². The zero-order chi connectivity index (χ0) is 64.5. The third-order valence-corrected chi connectivity index (χ3v) is 21.4. The van der Waals surface area contributed by atoms with E-state index in [1.54, 1.807) is 0 Å². The minimum Gasteiger partial charge on any atom is -0.355 e. The van der Waals surface area contributed by atoms with E-state index in [1.807, 2.05) is 0 Å². The summed E-state index contributed by atoms with van der Waals surface area (Å²) in [5.74, 6) is 0. The summed E-state index contributed by atoms with van der Waals surface area (Å²) in [5.41, 5.74) is 44.0. The fourth-order valence-electron chi connectivity index (χ4n) is 17.3. The Labute approximate surface area is 545 Å². The highest BCUT2D eigenvalue weighted by Gasteiger charge is 2.31. The van der Waals surface area contributed by atoms with Crippen molar-refractivity contribution in [1.29, 1.82) is 0 Å². The number of nitrogens with one attached hydrogen (secondary N) is 4. The minimum atomic E-state index is 0.847. The van der Waals surface area contributed by atoms with Crippen LogP contribution in [0.3, 0.4) is 0 Å². The molecule has 8 heteroatoms. The molecule has 8 nitrogen and oxygen atoms in total. The standard InChI is InChI=1S/C84H96N8/c1-17-45-49(21-5)69-41-73-53(25-9)57(29-13)81(89-73)79(82-58(30-14)54(26-10)74(90-82)42-70-50(22-6)46(18-2)66(86-70)39-65(45)85-69)63-37-33-35-61-62-36-34-38-64(78(62)77(61)63)80-83-59(31-15)55(27-11)75(91-83)43-71-51(23-7)47(19-3)67(87-71)40-68-48(20-4)52(24-8)72(88-68)44-76-56(28-12)60(32-16)84(80)92-76/h33-44,85,87,90,92H,17-32H2,1-16H3. The zero-order valence-corrected chi connectivity index (χ0v) is 58.0. The third-order valence-electron chi connectivity index (χ3n) is 21.4. The Balaban J connectivity index is 1.25. The van der Waals surface area contributed by atoms with E-state index in [2.05, 4.69) is 204 Å². The molecule has 0 spiro atoms. The fourth-order valence-corrected chi connectivity index (χ4v) is 17.3. The van der Waals surface area contributed by atoms with Gasteiger partial charge in [0.1, 0.15) is 0 Å². The van der Waals surface area contributed by atoms with Crippen LogP contribution in [-0.4, -0.2) is 39.9 Å². The van der Waals surface area contributed by atoms with Gasteiger partial charge in [-0.2, -0.15) is 0 Å². The third kappa shape index (κ3) is 9.56. The first-order chi connectivity index (χ1) is 44.9. The number of fused-ring (bicyclic) bond motifs is 18. The van der Waals surface area contributed by atoms with Crippen LogP contribution in [0.5, 0.6) is 0 Å². The van der Waals surface area contributed by atoms with Crippen LogP contribution >= 0.6 is 0 Å². The Bertz CT molecular complexity index is 4790. The van der Waals surface area contributed by atoms with Crippen LogP contribution in [0.2, 0.25) is 0 Å². The number of aromatic amines is 4. The lowest BCUT2D eigenvalue weighted by molar-refractivity contribution is 1.07. The van der Waals surface area contributed by atoms with Crippen molar-refractivity contribution in [3.05, 3.63) is 184 Å². The van der Waals surface area contributed by atoms with Gasteiger partial charge in [0, 0.05) is 44.2 Å². The van der Waals surface area contributed by atoms with Crippen molar-refractivity contribution in [3.8, 4) is 22.3 Å². The van der Waals surface area contributed by atoms with Crippen molar-refractivity contribution in [2.45, 2.75) is 214 Å². The number of H-pyrrole nitrogens is 4. The van der Waals surface area contributed by atoms with Crippen LogP contribution in [0, 0.1) is 20.9 Å². The highest BCUT2D eigenvalue weighted by Crippen LogP contribution is 2.48. The normalized spacial score (nSPS) is 13.7. The molecule has 5 aliphatic rings. The average molecular weight is 1220 g/mol. The molecule has 0 fully saturated rings. The summed E-state index contributed by atoms with van der Waals surface area (Å²) in [7, 11) is 0. The van der Waals surface area contributed by atoms with E-state index in [-0.39, 0.29) is 0 Å². The van der Waals surface area contributed by atoms with Crippen LogP contribution in [0.15, 0.2) is 72.8 Å². The molecule has 8 aromatic rings. The van der Waals surface area contributed by atoms with Crippen molar-refractivity contribution in [1.82, 2.24) is 39.9 Å². The molecule has 0 amide bonds. The second kappa shape index (κ2) is 25.3. The lowest BCUT2D eigenvalue weighted by Gasteiger charge is -2.18. The molecule has 4 aliphatic heterocycles. The molecule has 13 rings (SSSR count). The monoisotopic (exact) mass is 1220 g/mol. The second-order valence-corrected chi connectivity index (χ2v) is 25.6. The molecule has 92 heavy (non-hydrogen) atoms. The Hall–Kier alpha value is -8.36. The highest BCUT2D eigenvalue weighted by atomic mass is 14.8. The molecular weight excluding hydrogens is 1120 g/mol. The molecule has 4 N–H and O–H groups in total. The zero-order valence-electron chi connectivity index (χ0n) is 58.0. The smallest absolute Gasteiger partial charge is 0.0772 e.